The lowest BCUT2D eigenvalue weighted by atomic mass is 9.96. The Morgan fingerprint density at radius 3 is 2.52 bits per heavy atom. The molecule has 2 aromatic carbocycles. The molecule has 0 saturated carbocycles. The van der Waals surface area contributed by atoms with Crippen LogP contribution in [0.3, 0.4) is 0 Å². The lowest BCUT2D eigenvalue weighted by Gasteiger charge is -2.24. The molecule has 0 fully saturated rings. The fraction of sp³-hybridized carbons (Fsp3) is 0.188. The zero-order chi connectivity index (χ0) is 15.5. The number of carbonyl (C=O) groups is 1. The first kappa shape index (κ1) is 15.5. The molecule has 2 N–H and O–H groups in total. The van der Waals surface area contributed by atoms with Crippen molar-refractivity contribution >= 4 is 17.5 Å². The summed E-state index contributed by atoms with van der Waals surface area (Å²) in [7, 11) is 0. The van der Waals surface area contributed by atoms with Crippen LogP contribution in [0.15, 0.2) is 48.5 Å². The molecule has 2 rings (SSSR count). The molecule has 0 unspecified atom stereocenters. The van der Waals surface area contributed by atoms with E-state index in [2.05, 4.69) is 5.32 Å². The summed E-state index contributed by atoms with van der Waals surface area (Å²) < 4.78 is 13.6. The van der Waals surface area contributed by atoms with Gasteiger partial charge in [0.05, 0.1) is 17.1 Å². The van der Waals surface area contributed by atoms with Gasteiger partial charge in [-0.3, -0.25) is 4.79 Å². The van der Waals surface area contributed by atoms with Gasteiger partial charge in [-0.1, -0.05) is 48.0 Å². The minimum absolute atomic E-state index is 0.0341. The van der Waals surface area contributed by atoms with Crippen LogP contribution in [-0.4, -0.2) is 17.6 Å². The van der Waals surface area contributed by atoms with Crippen LogP contribution in [0.5, 0.6) is 0 Å². The molecule has 2 aromatic rings. The Hall–Kier alpha value is -1.91. The van der Waals surface area contributed by atoms with Gasteiger partial charge in [-0.25, -0.2) is 4.39 Å². The molecule has 3 nitrogen and oxygen atoms in total. The molecule has 110 valence electrons. The number of amides is 1. The molecule has 0 aliphatic rings. The van der Waals surface area contributed by atoms with Crippen molar-refractivity contribution in [2.45, 2.75) is 12.5 Å². The molecule has 5 heteroatoms. The summed E-state index contributed by atoms with van der Waals surface area (Å²) in [6, 6.07) is 12.9. The van der Waals surface area contributed by atoms with Gasteiger partial charge >= 0.3 is 0 Å². The number of nitrogens with one attached hydrogen (secondary N) is 1. The predicted molar refractivity (Wildman–Crippen MR) is 79.8 cm³/mol. The van der Waals surface area contributed by atoms with Gasteiger partial charge in [-0.15, -0.1) is 0 Å². The van der Waals surface area contributed by atoms with E-state index < -0.39 is 17.3 Å². The third-order valence-electron chi connectivity index (χ3n) is 3.18. The molecule has 1 amide bonds. The predicted octanol–water partition coefficient (Wildman–Crippen LogP) is 3.12. The van der Waals surface area contributed by atoms with Crippen LogP contribution >= 0.6 is 11.6 Å². The van der Waals surface area contributed by atoms with Gasteiger partial charge in [0.15, 0.2) is 0 Å². The molecular weight excluding hydrogens is 293 g/mol. The maximum atomic E-state index is 13.6. The number of benzene rings is 2. The third kappa shape index (κ3) is 3.60. The minimum atomic E-state index is -1.26. The highest BCUT2D eigenvalue weighted by Crippen LogP contribution is 2.21. The summed E-state index contributed by atoms with van der Waals surface area (Å²) >= 11 is 5.83. The summed E-state index contributed by atoms with van der Waals surface area (Å²) in [4.78, 5) is 12.0. The van der Waals surface area contributed by atoms with Crippen molar-refractivity contribution in [3.8, 4) is 0 Å². The van der Waals surface area contributed by atoms with Gasteiger partial charge in [-0.2, -0.15) is 0 Å². The summed E-state index contributed by atoms with van der Waals surface area (Å²) in [6.07, 6.45) is 0. The van der Waals surface area contributed by atoms with E-state index in [0.717, 1.165) is 6.07 Å². The smallest absolute Gasteiger partial charge is 0.255 e. The quantitative estimate of drug-likeness (QED) is 0.912. The average molecular weight is 308 g/mol. The Morgan fingerprint density at radius 1 is 1.24 bits per heavy atom. The van der Waals surface area contributed by atoms with Crippen LogP contribution in [-0.2, 0) is 5.60 Å². The molecule has 0 aliphatic carbocycles. The van der Waals surface area contributed by atoms with Crippen molar-refractivity contribution < 1.29 is 14.3 Å². The zero-order valence-electron chi connectivity index (χ0n) is 11.4. The van der Waals surface area contributed by atoms with Crippen LogP contribution in [0.4, 0.5) is 4.39 Å². The van der Waals surface area contributed by atoms with Crippen molar-refractivity contribution in [3.63, 3.8) is 0 Å². The fourth-order valence-corrected chi connectivity index (χ4v) is 2.20. The molecule has 21 heavy (non-hydrogen) atoms. The normalized spacial score (nSPS) is 13.5. The Balaban J connectivity index is 2.11. The van der Waals surface area contributed by atoms with E-state index in [1.54, 1.807) is 31.2 Å². The van der Waals surface area contributed by atoms with Crippen LogP contribution in [0.2, 0.25) is 5.02 Å². The fourth-order valence-electron chi connectivity index (χ4n) is 1.95. The highest BCUT2D eigenvalue weighted by molar-refractivity contribution is 6.33. The van der Waals surface area contributed by atoms with Gasteiger partial charge in [0.1, 0.15) is 11.4 Å². The number of halogens is 2. The van der Waals surface area contributed by atoms with Crippen LogP contribution in [0.25, 0.3) is 0 Å². The SMILES string of the molecule is C[C@](O)(CNC(=O)c1c(F)cccc1Cl)c1ccccc1. The van der Waals surface area contributed by atoms with E-state index in [-0.39, 0.29) is 17.1 Å². The monoisotopic (exact) mass is 307 g/mol. The highest BCUT2D eigenvalue weighted by atomic mass is 35.5. The Labute approximate surface area is 127 Å². The number of rotatable bonds is 4. The van der Waals surface area contributed by atoms with Gasteiger partial charge in [-0.05, 0) is 24.6 Å². The summed E-state index contributed by atoms with van der Waals surface area (Å²) in [5, 5.41) is 12.9. The lowest BCUT2D eigenvalue weighted by molar-refractivity contribution is 0.0525. The Kier molecular flexibility index (Phi) is 4.60. The molecular formula is C16H15ClFNO2. The first-order valence-electron chi connectivity index (χ1n) is 6.42. The number of hydrogen-bond donors (Lipinski definition) is 2. The van der Waals surface area contributed by atoms with Crippen molar-refractivity contribution in [1.82, 2.24) is 5.32 Å². The first-order chi connectivity index (χ1) is 9.92. The van der Waals surface area contributed by atoms with Crippen LogP contribution < -0.4 is 5.32 Å². The van der Waals surface area contributed by atoms with E-state index in [9.17, 15) is 14.3 Å². The molecule has 1 atom stereocenters. The van der Waals surface area contributed by atoms with E-state index in [1.807, 2.05) is 6.07 Å². The van der Waals surface area contributed by atoms with Crippen molar-refractivity contribution in [2.24, 2.45) is 0 Å². The van der Waals surface area contributed by atoms with Crippen molar-refractivity contribution in [1.29, 1.82) is 0 Å². The zero-order valence-corrected chi connectivity index (χ0v) is 12.2. The molecule has 0 aliphatic heterocycles. The Bertz CT molecular complexity index is 624. The largest absolute Gasteiger partial charge is 0.384 e. The maximum absolute atomic E-state index is 13.6. The van der Waals surface area contributed by atoms with E-state index in [0.29, 0.717) is 5.56 Å². The number of hydrogen-bond acceptors (Lipinski definition) is 2. The molecule has 0 heterocycles. The summed E-state index contributed by atoms with van der Waals surface area (Å²) in [5.74, 6) is -1.35. The summed E-state index contributed by atoms with van der Waals surface area (Å²) in [5.41, 5.74) is -0.817. The van der Waals surface area contributed by atoms with Gasteiger partial charge < -0.3 is 10.4 Å². The van der Waals surface area contributed by atoms with Gasteiger partial charge in [0, 0.05) is 0 Å². The molecule has 0 saturated heterocycles. The molecule has 0 radical (unpaired) electrons. The number of carbonyl (C=O) groups excluding carboxylic acids is 1. The first-order valence-corrected chi connectivity index (χ1v) is 6.80. The Morgan fingerprint density at radius 2 is 1.90 bits per heavy atom. The highest BCUT2D eigenvalue weighted by Gasteiger charge is 2.25. The molecule has 0 aromatic heterocycles. The van der Waals surface area contributed by atoms with Gasteiger partial charge in [0.2, 0.25) is 0 Å². The number of aliphatic hydroxyl groups is 1. The lowest BCUT2D eigenvalue weighted by Crippen LogP contribution is -2.39. The van der Waals surface area contributed by atoms with E-state index in [4.69, 9.17) is 11.6 Å². The van der Waals surface area contributed by atoms with Gasteiger partial charge in [0.25, 0.3) is 5.91 Å². The van der Waals surface area contributed by atoms with Crippen LogP contribution in [0, 0.1) is 5.82 Å². The maximum Gasteiger partial charge on any atom is 0.255 e. The average Bonchev–Trinajstić information content (AvgIpc) is 2.46. The van der Waals surface area contributed by atoms with E-state index in [1.165, 1.54) is 12.1 Å². The standard InChI is InChI=1S/C16H15ClFNO2/c1-16(21,11-6-3-2-4-7-11)10-19-15(20)14-12(17)8-5-9-13(14)18/h2-9,21H,10H2,1H3,(H,19,20)/t16-/m0/s1. The second-order valence-electron chi connectivity index (χ2n) is 4.92. The molecule has 0 spiro atoms. The minimum Gasteiger partial charge on any atom is -0.384 e. The van der Waals surface area contributed by atoms with Crippen molar-refractivity contribution in [3.05, 3.63) is 70.5 Å². The second-order valence-corrected chi connectivity index (χ2v) is 5.33. The summed E-state index contributed by atoms with van der Waals surface area (Å²) in [6.45, 7) is 1.52. The van der Waals surface area contributed by atoms with Crippen LogP contribution in [0.1, 0.15) is 22.8 Å². The molecule has 0 bridgehead atoms. The van der Waals surface area contributed by atoms with Crippen molar-refractivity contribution in [2.75, 3.05) is 6.54 Å². The van der Waals surface area contributed by atoms with E-state index >= 15 is 0 Å². The topological polar surface area (TPSA) is 49.3 Å². The second kappa shape index (κ2) is 6.24. The third-order valence-corrected chi connectivity index (χ3v) is 3.49.